The van der Waals surface area contributed by atoms with E-state index < -0.39 is 36.5 Å². The minimum atomic E-state index is -1.33. The van der Waals surface area contributed by atoms with Crippen LogP contribution in [0.25, 0.3) is 0 Å². The zero-order valence-corrected chi connectivity index (χ0v) is 20.0. The van der Waals surface area contributed by atoms with Crippen molar-refractivity contribution in [2.75, 3.05) is 6.61 Å². The van der Waals surface area contributed by atoms with Crippen molar-refractivity contribution in [3.63, 3.8) is 0 Å². The van der Waals surface area contributed by atoms with Crippen molar-refractivity contribution in [2.45, 2.75) is 50.8 Å². The molecule has 1 aliphatic heterocycles. The Morgan fingerprint density at radius 2 is 1.19 bits per heavy atom. The second kappa shape index (κ2) is 13.3. The number of aliphatic hydroxyl groups is 1. The highest BCUT2D eigenvalue weighted by atomic mass is 16.7. The molecule has 2 N–H and O–H groups in total. The fraction of sp³-hybridized carbons (Fsp3) is 0.345. The van der Waals surface area contributed by atoms with E-state index in [0.29, 0.717) is 6.61 Å². The Morgan fingerprint density at radius 1 is 0.722 bits per heavy atom. The normalized spacial score (nSPS) is 23.9. The smallest absolute Gasteiger partial charge is 0.303 e. The third-order valence-corrected chi connectivity index (χ3v) is 6.17. The number of carbonyl (C=O) groups is 1. The fourth-order valence-electron chi connectivity index (χ4n) is 4.35. The van der Waals surface area contributed by atoms with Gasteiger partial charge >= 0.3 is 5.97 Å². The molecule has 0 amide bonds. The summed E-state index contributed by atoms with van der Waals surface area (Å²) in [5.74, 6) is -1.85. The third kappa shape index (κ3) is 7.46. The molecule has 0 saturated carbocycles. The van der Waals surface area contributed by atoms with E-state index in [4.69, 9.17) is 18.9 Å². The molecule has 0 aromatic heterocycles. The Kier molecular flexibility index (Phi) is 9.61. The Labute approximate surface area is 211 Å². The number of benzene rings is 3. The first-order valence-corrected chi connectivity index (χ1v) is 12.1. The standard InChI is InChI=1S/C29H32O7/c30-26(31)16-24-27(34-18-22-12-6-2-7-13-22)28(35-19-23-14-8-3-9-15-23)25(36-29(24)32)20-33-17-21-10-4-1-5-11-21/h1-15,24-25,27-29,32H,16-20H2,(H,30,31)/t24?,25?,27-,28+,29?/m1/s1. The molecule has 1 fully saturated rings. The van der Waals surface area contributed by atoms with Gasteiger partial charge < -0.3 is 29.2 Å². The fourth-order valence-corrected chi connectivity index (χ4v) is 4.35. The summed E-state index contributed by atoms with van der Waals surface area (Å²) in [5.41, 5.74) is 2.91. The molecule has 0 radical (unpaired) electrons. The molecule has 1 saturated heterocycles. The summed E-state index contributed by atoms with van der Waals surface area (Å²) in [6.07, 6.45) is -3.68. The monoisotopic (exact) mass is 492 g/mol. The zero-order chi connectivity index (χ0) is 25.2. The number of ether oxygens (including phenoxy) is 4. The van der Waals surface area contributed by atoms with E-state index in [1.165, 1.54) is 0 Å². The predicted molar refractivity (Wildman–Crippen MR) is 133 cm³/mol. The minimum Gasteiger partial charge on any atom is -0.481 e. The molecule has 3 aromatic carbocycles. The molecule has 0 spiro atoms. The second-order valence-corrected chi connectivity index (χ2v) is 8.85. The van der Waals surface area contributed by atoms with Crippen LogP contribution in [0.3, 0.4) is 0 Å². The van der Waals surface area contributed by atoms with E-state index >= 15 is 0 Å². The number of aliphatic hydroxyl groups excluding tert-OH is 1. The molecule has 7 heteroatoms. The lowest BCUT2D eigenvalue weighted by atomic mass is 9.88. The van der Waals surface area contributed by atoms with Crippen LogP contribution in [0.15, 0.2) is 91.0 Å². The van der Waals surface area contributed by atoms with Gasteiger partial charge in [0, 0.05) is 5.92 Å². The highest BCUT2D eigenvalue weighted by Crippen LogP contribution is 2.33. The predicted octanol–water partition coefficient (Wildman–Crippen LogP) is 4.18. The minimum absolute atomic E-state index is 0.149. The molecule has 1 aliphatic rings. The van der Waals surface area contributed by atoms with Crippen LogP contribution in [0.1, 0.15) is 23.1 Å². The van der Waals surface area contributed by atoms with Gasteiger partial charge in [-0.3, -0.25) is 4.79 Å². The first-order valence-electron chi connectivity index (χ1n) is 12.1. The van der Waals surface area contributed by atoms with Gasteiger partial charge in [-0.05, 0) is 16.7 Å². The zero-order valence-electron chi connectivity index (χ0n) is 20.0. The van der Waals surface area contributed by atoms with Crippen LogP contribution in [0.4, 0.5) is 0 Å². The summed E-state index contributed by atoms with van der Waals surface area (Å²) >= 11 is 0. The molecule has 190 valence electrons. The Balaban J connectivity index is 1.53. The Morgan fingerprint density at radius 3 is 1.69 bits per heavy atom. The van der Waals surface area contributed by atoms with Gasteiger partial charge in [0.2, 0.25) is 0 Å². The second-order valence-electron chi connectivity index (χ2n) is 8.85. The van der Waals surface area contributed by atoms with Gasteiger partial charge in [0.15, 0.2) is 6.29 Å². The summed E-state index contributed by atoms with van der Waals surface area (Å²) in [6.45, 7) is 1.05. The molecule has 0 aliphatic carbocycles. The van der Waals surface area contributed by atoms with E-state index in [9.17, 15) is 15.0 Å². The molecule has 7 nitrogen and oxygen atoms in total. The van der Waals surface area contributed by atoms with E-state index in [1.807, 2.05) is 91.0 Å². The van der Waals surface area contributed by atoms with Crippen LogP contribution >= 0.6 is 0 Å². The van der Waals surface area contributed by atoms with Crippen molar-refractivity contribution in [3.8, 4) is 0 Å². The quantitative estimate of drug-likeness (QED) is 0.392. The number of rotatable bonds is 12. The summed E-state index contributed by atoms with van der Waals surface area (Å²) in [5, 5.41) is 20.3. The van der Waals surface area contributed by atoms with E-state index in [1.54, 1.807) is 0 Å². The van der Waals surface area contributed by atoms with Gasteiger partial charge in [0.25, 0.3) is 0 Å². The average molecular weight is 493 g/mol. The molecule has 0 bridgehead atoms. The van der Waals surface area contributed by atoms with Crippen LogP contribution in [0.5, 0.6) is 0 Å². The number of carboxylic acid groups (broad SMARTS) is 1. The summed E-state index contributed by atoms with van der Waals surface area (Å²) in [7, 11) is 0. The number of hydrogen-bond acceptors (Lipinski definition) is 6. The SMILES string of the molecule is O=C(O)CC1C(O)OC(COCc2ccccc2)[C@H](OCc2ccccc2)[C@@H]1OCc1ccccc1. The van der Waals surface area contributed by atoms with Crippen LogP contribution in [-0.2, 0) is 43.6 Å². The van der Waals surface area contributed by atoms with Gasteiger partial charge in [-0.2, -0.15) is 0 Å². The molecular formula is C29H32O7. The molecule has 1 heterocycles. The van der Waals surface area contributed by atoms with Crippen molar-refractivity contribution in [2.24, 2.45) is 5.92 Å². The van der Waals surface area contributed by atoms with Crippen molar-refractivity contribution >= 4 is 5.97 Å². The Hall–Kier alpha value is -3.07. The van der Waals surface area contributed by atoms with Crippen molar-refractivity contribution < 1.29 is 34.0 Å². The Bertz CT molecular complexity index is 1040. The topological polar surface area (TPSA) is 94.5 Å². The lowest BCUT2D eigenvalue weighted by Crippen LogP contribution is -2.58. The van der Waals surface area contributed by atoms with Crippen molar-refractivity contribution in [1.29, 1.82) is 0 Å². The molecular weight excluding hydrogens is 460 g/mol. The highest BCUT2D eigenvalue weighted by molar-refractivity contribution is 5.67. The maximum absolute atomic E-state index is 11.6. The van der Waals surface area contributed by atoms with Gasteiger partial charge in [0.1, 0.15) is 12.2 Å². The maximum Gasteiger partial charge on any atom is 0.303 e. The molecule has 4 rings (SSSR count). The third-order valence-electron chi connectivity index (χ3n) is 6.17. The van der Waals surface area contributed by atoms with Crippen LogP contribution in [-0.4, -0.2) is 47.4 Å². The molecule has 36 heavy (non-hydrogen) atoms. The summed E-state index contributed by atoms with van der Waals surface area (Å²) < 4.78 is 24.4. The summed E-state index contributed by atoms with van der Waals surface area (Å²) in [4.78, 5) is 11.6. The summed E-state index contributed by atoms with van der Waals surface area (Å²) in [6, 6.07) is 29.0. The highest BCUT2D eigenvalue weighted by Gasteiger charge is 2.47. The van der Waals surface area contributed by atoms with E-state index in [2.05, 4.69) is 0 Å². The van der Waals surface area contributed by atoms with Crippen LogP contribution < -0.4 is 0 Å². The first kappa shape index (κ1) is 26.0. The van der Waals surface area contributed by atoms with Crippen LogP contribution in [0.2, 0.25) is 0 Å². The van der Waals surface area contributed by atoms with Gasteiger partial charge in [-0.1, -0.05) is 91.0 Å². The molecule has 3 aromatic rings. The average Bonchev–Trinajstić information content (AvgIpc) is 2.90. The van der Waals surface area contributed by atoms with Gasteiger partial charge in [0.05, 0.1) is 39.0 Å². The van der Waals surface area contributed by atoms with Crippen LogP contribution in [0, 0.1) is 5.92 Å². The maximum atomic E-state index is 11.6. The lowest BCUT2D eigenvalue weighted by molar-refractivity contribution is -0.293. The van der Waals surface area contributed by atoms with Crippen molar-refractivity contribution in [3.05, 3.63) is 108 Å². The van der Waals surface area contributed by atoms with E-state index in [0.717, 1.165) is 16.7 Å². The number of hydrogen-bond donors (Lipinski definition) is 2. The number of aliphatic carboxylic acids is 1. The largest absolute Gasteiger partial charge is 0.481 e. The van der Waals surface area contributed by atoms with Gasteiger partial charge in [-0.25, -0.2) is 0 Å². The molecule has 3 unspecified atom stereocenters. The molecule has 5 atom stereocenters. The van der Waals surface area contributed by atoms with Gasteiger partial charge in [-0.15, -0.1) is 0 Å². The van der Waals surface area contributed by atoms with Crippen molar-refractivity contribution in [1.82, 2.24) is 0 Å². The lowest BCUT2D eigenvalue weighted by Gasteiger charge is -2.44. The number of carboxylic acids is 1. The first-order chi connectivity index (χ1) is 17.6. The van der Waals surface area contributed by atoms with E-state index in [-0.39, 0.29) is 26.2 Å².